The summed E-state index contributed by atoms with van der Waals surface area (Å²) in [6, 6.07) is 6.81. The number of nitrogens with two attached hydrogens (primary N) is 1. The molecule has 0 amide bonds. The molecule has 3 rings (SSSR count). The fourth-order valence-electron chi connectivity index (χ4n) is 2.81. The van der Waals surface area contributed by atoms with Gasteiger partial charge in [-0.15, -0.1) is 0 Å². The molecule has 0 aromatic heterocycles. The van der Waals surface area contributed by atoms with Gasteiger partial charge in [-0.25, -0.2) is 4.99 Å². The Labute approximate surface area is 138 Å². The van der Waals surface area contributed by atoms with Gasteiger partial charge in [0.2, 0.25) is 0 Å². The minimum atomic E-state index is 0.220. The van der Waals surface area contributed by atoms with Crippen LogP contribution in [0.3, 0.4) is 0 Å². The molecule has 1 saturated heterocycles. The standard InChI is InChI=1S/C18H27N3O2/c1-13-5-6-14(11-20-18(19)21(2)15-7-8-15)17(10-13)23-12-16-4-3-9-22-16/h5-6,10,15-16H,3-4,7-9,11-12H2,1-2H3,(H2,19,20)/t16-/m1/s1. The van der Waals surface area contributed by atoms with E-state index < -0.39 is 0 Å². The van der Waals surface area contributed by atoms with E-state index in [-0.39, 0.29) is 6.10 Å². The van der Waals surface area contributed by atoms with Crippen LogP contribution in [0, 0.1) is 6.92 Å². The number of benzene rings is 1. The van der Waals surface area contributed by atoms with Gasteiger partial charge < -0.3 is 20.1 Å². The Morgan fingerprint density at radius 3 is 2.91 bits per heavy atom. The van der Waals surface area contributed by atoms with E-state index in [2.05, 4.69) is 35.0 Å². The van der Waals surface area contributed by atoms with Crippen LogP contribution in [0.5, 0.6) is 5.75 Å². The summed E-state index contributed by atoms with van der Waals surface area (Å²) >= 11 is 0. The maximum atomic E-state index is 6.07. The van der Waals surface area contributed by atoms with Crippen LogP contribution in [0.2, 0.25) is 0 Å². The second-order valence-electron chi connectivity index (χ2n) is 6.57. The van der Waals surface area contributed by atoms with Gasteiger partial charge in [0.25, 0.3) is 0 Å². The van der Waals surface area contributed by atoms with Crippen LogP contribution < -0.4 is 10.5 Å². The van der Waals surface area contributed by atoms with Gasteiger partial charge in [0.1, 0.15) is 12.4 Å². The van der Waals surface area contributed by atoms with Gasteiger partial charge in [-0.3, -0.25) is 0 Å². The summed E-state index contributed by atoms with van der Waals surface area (Å²) in [4.78, 5) is 6.61. The zero-order valence-corrected chi connectivity index (χ0v) is 14.1. The minimum absolute atomic E-state index is 0.220. The van der Waals surface area contributed by atoms with Crippen molar-refractivity contribution in [1.29, 1.82) is 0 Å². The van der Waals surface area contributed by atoms with Crippen LogP contribution in [0.15, 0.2) is 23.2 Å². The van der Waals surface area contributed by atoms with E-state index in [4.69, 9.17) is 15.2 Å². The maximum Gasteiger partial charge on any atom is 0.191 e. The van der Waals surface area contributed by atoms with Crippen molar-refractivity contribution in [1.82, 2.24) is 4.90 Å². The molecule has 0 radical (unpaired) electrons. The lowest BCUT2D eigenvalue weighted by molar-refractivity contribution is 0.0676. The van der Waals surface area contributed by atoms with E-state index >= 15 is 0 Å². The highest BCUT2D eigenvalue weighted by Gasteiger charge is 2.27. The first-order valence-electron chi connectivity index (χ1n) is 8.50. The molecule has 0 unspecified atom stereocenters. The third-order valence-electron chi connectivity index (χ3n) is 4.54. The van der Waals surface area contributed by atoms with E-state index in [0.29, 0.717) is 25.2 Å². The third kappa shape index (κ3) is 4.38. The van der Waals surface area contributed by atoms with E-state index in [1.807, 2.05) is 7.05 Å². The number of guanidine groups is 1. The topological polar surface area (TPSA) is 60.1 Å². The Balaban J connectivity index is 1.64. The number of hydrogen-bond acceptors (Lipinski definition) is 3. The molecule has 1 saturated carbocycles. The fraction of sp³-hybridized carbons (Fsp3) is 0.611. The molecule has 0 spiro atoms. The fourth-order valence-corrected chi connectivity index (χ4v) is 2.81. The average Bonchev–Trinajstić information content (AvgIpc) is 3.27. The van der Waals surface area contributed by atoms with E-state index in [1.165, 1.54) is 18.4 Å². The van der Waals surface area contributed by atoms with Gasteiger partial charge in [0, 0.05) is 25.3 Å². The normalized spacial score (nSPS) is 21.5. The lowest BCUT2D eigenvalue weighted by atomic mass is 10.1. The molecule has 1 aliphatic carbocycles. The second-order valence-corrected chi connectivity index (χ2v) is 6.57. The lowest BCUT2D eigenvalue weighted by Crippen LogP contribution is -2.35. The highest BCUT2D eigenvalue weighted by Crippen LogP contribution is 2.26. The quantitative estimate of drug-likeness (QED) is 0.647. The van der Waals surface area contributed by atoms with Gasteiger partial charge in [-0.2, -0.15) is 0 Å². The molecule has 1 aliphatic heterocycles. The molecule has 1 aromatic carbocycles. The molecule has 2 fully saturated rings. The second kappa shape index (κ2) is 7.21. The summed E-state index contributed by atoms with van der Waals surface area (Å²) in [5, 5.41) is 0. The largest absolute Gasteiger partial charge is 0.491 e. The SMILES string of the molecule is Cc1ccc(CN=C(N)N(C)C2CC2)c(OC[C@H]2CCCO2)c1. The first-order valence-corrected chi connectivity index (χ1v) is 8.50. The first-order chi connectivity index (χ1) is 11.1. The van der Waals surface area contributed by atoms with Gasteiger partial charge in [0.15, 0.2) is 5.96 Å². The summed E-state index contributed by atoms with van der Waals surface area (Å²) in [6.45, 7) is 4.08. The first kappa shape index (κ1) is 16.1. The summed E-state index contributed by atoms with van der Waals surface area (Å²) in [6.07, 6.45) is 4.86. The smallest absolute Gasteiger partial charge is 0.191 e. The number of aryl methyl sites for hydroxylation is 1. The zero-order valence-electron chi connectivity index (χ0n) is 14.1. The maximum absolute atomic E-state index is 6.07. The Hall–Kier alpha value is -1.75. The molecule has 0 bridgehead atoms. The Morgan fingerprint density at radius 2 is 2.22 bits per heavy atom. The van der Waals surface area contributed by atoms with Crippen LogP contribution in [-0.2, 0) is 11.3 Å². The molecule has 1 aromatic rings. The van der Waals surface area contributed by atoms with Crippen molar-refractivity contribution in [3.05, 3.63) is 29.3 Å². The highest BCUT2D eigenvalue weighted by atomic mass is 16.5. The van der Waals surface area contributed by atoms with E-state index in [0.717, 1.165) is 30.8 Å². The van der Waals surface area contributed by atoms with Gasteiger partial charge in [-0.1, -0.05) is 12.1 Å². The third-order valence-corrected chi connectivity index (χ3v) is 4.54. The lowest BCUT2D eigenvalue weighted by Gasteiger charge is -2.18. The Morgan fingerprint density at radius 1 is 1.39 bits per heavy atom. The number of ether oxygens (including phenoxy) is 2. The van der Waals surface area contributed by atoms with Crippen molar-refractivity contribution in [2.24, 2.45) is 10.7 Å². The van der Waals surface area contributed by atoms with Crippen molar-refractivity contribution >= 4 is 5.96 Å². The van der Waals surface area contributed by atoms with Crippen LogP contribution in [0.4, 0.5) is 0 Å². The summed E-state index contributed by atoms with van der Waals surface area (Å²) in [5.41, 5.74) is 8.33. The molecular formula is C18H27N3O2. The molecule has 126 valence electrons. The number of rotatable bonds is 6. The van der Waals surface area contributed by atoms with Gasteiger partial charge >= 0.3 is 0 Å². The van der Waals surface area contributed by atoms with Crippen molar-refractivity contribution in [2.75, 3.05) is 20.3 Å². The van der Waals surface area contributed by atoms with Gasteiger partial charge in [-0.05, 0) is 44.2 Å². The van der Waals surface area contributed by atoms with Crippen molar-refractivity contribution < 1.29 is 9.47 Å². The van der Waals surface area contributed by atoms with Crippen LogP contribution >= 0.6 is 0 Å². The molecule has 23 heavy (non-hydrogen) atoms. The Bertz CT molecular complexity index is 563. The van der Waals surface area contributed by atoms with Crippen LogP contribution in [0.1, 0.15) is 36.8 Å². The van der Waals surface area contributed by atoms with E-state index in [1.54, 1.807) is 0 Å². The van der Waals surface area contributed by atoms with Crippen LogP contribution in [-0.4, -0.2) is 43.3 Å². The van der Waals surface area contributed by atoms with E-state index in [9.17, 15) is 0 Å². The molecule has 2 aliphatic rings. The number of nitrogens with zero attached hydrogens (tertiary/aromatic N) is 2. The molecule has 5 nitrogen and oxygen atoms in total. The molecule has 1 heterocycles. The van der Waals surface area contributed by atoms with Crippen molar-refractivity contribution in [2.45, 2.75) is 51.3 Å². The van der Waals surface area contributed by atoms with Crippen molar-refractivity contribution in [3.8, 4) is 5.75 Å². The van der Waals surface area contributed by atoms with Crippen molar-refractivity contribution in [3.63, 3.8) is 0 Å². The average molecular weight is 317 g/mol. The number of hydrogen-bond donors (Lipinski definition) is 1. The summed E-state index contributed by atoms with van der Waals surface area (Å²) in [7, 11) is 2.01. The molecule has 5 heteroatoms. The molecular weight excluding hydrogens is 290 g/mol. The summed E-state index contributed by atoms with van der Waals surface area (Å²) < 4.78 is 11.6. The predicted molar refractivity (Wildman–Crippen MR) is 91.8 cm³/mol. The minimum Gasteiger partial charge on any atom is -0.491 e. The molecule has 1 atom stereocenters. The van der Waals surface area contributed by atoms with Crippen LogP contribution in [0.25, 0.3) is 0 Å². The monoisotopic (exact) mass is 317 g/mol. The number of aliphatic imine (C=N–C) groups is 1. The summed E-state index contributed by atoms with van der Waals surface area (Å²) in [5.74, 6) is 1.50. The predicted octanol–water partition coefficient (Wildman–Crippen LogP) is 2.46. The zero-order chi connectivity index (χ0) is 16.2. The Kier molecular flexibility index (Phi) is 5.06. The highest BCUT2D eigenvalue weighted by molar-refractivity contribution is 5.78. The van der Waals surface area contributed by atoms with Gasteiger partial charge in [0.05, 0.1) is 12.6 Å². The molecule has 2 N–H and O–H groups in total.